The molecule has 2 rings (SSSR count). The van der Waals surface area contributed by atoms with Crippen LogP contribution in [0.15, 0.2) is 24.3 Å². The van der Waals surface area contributed by atoms with Gasteiger partial charge >= 0.3 is 6.18 Å². The topological polar surface area (TPSA) is 26.0 Å². The number of nitrogens with two attached hydrogens (primary N) is 1. The van der Waals surface area contributed by atoms with E-state index in [-0.39, 0.29) is 6.04 Å². The summed E-state index contributed by atoms with van der Waals surface area (Å²) in [6.07, 6.45) is -2.46. The zero-order valence-corrected chi connectivity index (χ0v) is 8.09. The minimum atomic E-state index is -4.24. The van der Waals surface area contributed by atoms with Gasteiger partial charge in [0.1, 0.15) is 0 Å². The van der Waals surface area contributed by atoms with Crippen LogP contribution in [0.4, 0.5) is 13.2 Å². The van der Waals surface area contributed by atoms with Gasteiger partial charge in [-0.2, -0.15) is 13.2 Å². The second kappa shape index (κ2) is 3.52. The van der Waals surface area contributed by atoms with Crippen LogP contribution in [0.1, 0.15) is 17.5 Å². The van der Waals surface area contributed by atoms with Crippen molar-refractivity contribution >= 4 is 0 Å². The van der Waals surface area contributed by atoms with Crippen LogP contribution in [0.2, 0.25) is 0 Å². The zero-order valence-electron chi connectivity index (χ0n) is 8.09. The Morgan fingerprint density at radius 2 is 1.73 bits per heavy atom. The van der Waals surface area contributed by atoms with E-state index in [0.29, 0.717) is 5.92 Å². The molecule has 1 aromatic rings. The standard InChI is InChI=1S/C11H12F3N/c12-11(13,14)9-3-1-7(2-4-9)5-8-6-10(8)15/h1-4,8,10H,5-6,15H2. The first kappa shape index (κ1) is 10.5. The molecule has 1 nitrogen and oxygen atoms in total. The molecule has 1 aliphatic rings. The Balaban J connectivity index is 2.04. The van der Waals surface area contributed by atoms with Crippen molar-refractivity contribution in [3.63, 3.8) is 0 Å². The van der Waals surface area contributed by atoms with Crippen molar-refractivity contribution in [3.05, 3.63) is 35.4 Å². The molecule has 0 amide bonds. The maximum atomic E-state index is 12.2. The van der Waals surface area contributed by atoms with E-state index in [1.165, 1.54) is 12.1 Å². The second-order valence-electron chi connectivity index (χ2n) is 4.06. The van der Waals surface area contributed by atoms with Crippen molar-refractivity contribution in [2.45, 2.75) is 25.1 Å². The molecule has 0 radical (unpaired) electrons. The largest absolute Gasteiger partial charge is 0.416 e. The molecule has 4 heteroatoms. The van der Waals surface area contributed by atoms with Crippen LogP contribution in [0, 0.1) is 5.92 Å². The lowest BCUT2D eigenvalue weighted by Crippen LogP contribution is -2.06. The Bertz CT molecular complexity index is 342. The van der Waals surface area contributed by atoms with Gasteiger partial charge in [0, 0.05) is 6.04 Å². The predicted molar refractivity (Wildman–Crippen MR) is 51.2 cm³/mol. The number of benzene rings is 1. The highest BCUT2D eigenvalue weighted by atomic mass is 19.4. The van der Waals surface area contributed by atoms with Gasteiger partial charge in [-0.3, -0.25) is 0 Å². The molecule has 0 heterocycles. The Labute approximate surface area is 86.1 Å². The summed E-state index contributed by atoms with van der Waals surface area (Å²) in [4.78, 5) is 0. The highest BCUT2D eigenvalue weighted by Gasteiger charge is 2.33. The van der Waals surface area contributed by atoms with Gasteiger partial charge in [-0.05, 0) is 36.5 Å². The molecule has 82 valence electrons. The van der Waals surface area contributed by atoms with E-state index in [4.69, 9.17) is 5.73 Å². The number of alkyl halides is 3. The van der Waals surface area contributed by atoms with Gasteiger partial charge in [-0.25, -0.2) is 0 Å². The van der Waals surface area contributed by atoms with E-state index in [0.717, 1.165) is 30.5 Å². The minimum absolute atomic E-state index is 0.243. The molecule has 2 atom stereocenters. The van der Waals surface area contributed by atoms with Crippen LogP contribution in [0.5, 0.6) is 0 Å². The van der Waals surface area contributed by atoms with E-state index in [9.17, 15) is 13.2 Å². The van der Waals surface area contributed by atoms with Crippen LogP contribution in [-0.2, 0) is 12.6 Å². The molecule has 0 aliphatic heterocycles. The molecule has 1 fully saturated rings. The number of halogens is 3. The number of hydrogen-bond acceptors (Lipinski definition) is 1. The molecule has 2 unspecified atom stereocenters. The Hall–Kier alpha value is -1.03. The summed E-state index contributed by atoms with van der Waals surface area (Å²) in [7, 11) is 0. The first-order valence-electron chi connectivity index (χ1n) is 4.88. The van der Waals surface area contributed by atoms with Crippen LogP contribution in [0.25, 0.3) is 0 Å². The molecule has 2 N–H and O–H groups in total. The molecule has 1 aliphatic carbocycles. The first-order chi connectivity index (χ1) is 6.97. The first-order valence-corrected chi connectivity index (χ1v) is 4.88. The Kier molecular flexibility index (Phi) is 2.46. The van der Waals surface area contributed by atoms with Crippen molar-refractivity contribution in [1.82, 2.24) is 0 Å². The van der Waals surface area contributed by atoms with E-state index >= 15 is 0 Å². The fourth-order valence-corrected chi connectivity index (χ4v) is 1.64. The highest BCUT2D eigenvalue weighted by Crippen LogP contribution is 2.33. The monoisotopic (exact) mass is 215 g/mol. The van der Waals surface area contributed by atoms with Crippen LogP contribution >= 0.6 is 0 Å². The molecule has 0 aromatic heterocycles. The van der Waals surface area contributed by atoms with Crippen molar-refractivity contribution in [2.75, 3.05) is 0 Å². The summed E-state index contributed by atoms with van der Waals surface area (Å²) in [5.74, 6) is 0.460. The van der Waals surface area contributed by atoms with E-state index in [1.807, 2.05) is 0 Å². The van der Waals surface area contributed by atoms with Crippen molar-refractivity contribution in [2.24, 2.45) is 11.7 Å². The second-order valence-corrected chi connectivity index (χ2v) is 4.06. The van der Waals surface area contributed by atoms with Gasteiger partial charge in [0.2, 0.25) is 0 Å². The number of rotatable bonds is 2. The summed E-state index contributed by atoms with van der Waals surface area (Å²) in [6, 6.07) is 5.57. The lowest BCUT2D eigenvalue weighted by Gasteiger charge is -2.07. The lowest BCUT2D eigenvalue weighted by atomic mass is 10.1. The SMILES string of the molecule is NC1CC1Cc1ccc(C(F)(F)F)cc1. The zero-order chi connectivity index (χ0) is 11.1. The number of hydrogen-bond donors (Lipinski definition) is 1. The molecule has 1 saturated carbocycles. The van der Waals surface area contributed by atoms with Gasteiger partial charge in [-0.1, -0.05) is 12.1 Å². The fraction of sp³-hybridized carbons (Fsp3) is 0.455. The van der Waals surface area contributed by atoms with Crippen molar-refractivity contribution in [3.8, 4) is 0 Å². The fourth-order valence-electron chi connectivity index (χ4n) is 1.64. The smallest absolute Gasteiger partial charge is 0.327 e. The van der Waals surface area contributed by atoms with Gasteiger partial charge in [0.25, 0.3) is 0 Å². The van der Waals surface area contributed by atoms with Crippen LogP contribution in [-0.4, -0.2) is 6.04 Å². The predicted octanol–water partition coefficient (Wildman–Crippen LogP) is 2.60. The van der Waals surface area contributed by atoms with Crippen LogP contribution < -0.4 is 5.73 Å². The van der Waals surface area contributed by atoms with Gasteiger partial charge in [-0.15, -0.1) is 0 Å². The van der Waals surface area contributed by atoms with Crippen LogP contribution in [0.3, 0.4) is 0 Å². The molecule has 15 heavy (non-hydrogen) atoms. The third kappa shape index (κ3) is 2.50. The average Bonchev–Trinajstić information content (AvgIpc) is 2.81. The summed E-state index contributed by atoms with van der Waals surface area (Å²) in [6.45, 7) is 0. The molecule has 1 aromatic carbocycles. The van der Waals surface area contributed by atoms with Gasteiger partial charge < -0.3 is 5.73 Å². The minimum Gasteiger partial charge on any atom is -0.327 e. The Morgan fingerprint density at radius 3 is 2.13 bits per heavy atom. The maximum absolute atomic E-state index is 12.2. The summed E-state index contributed by atoms with van der Waals surface area (Å²) < 4.78 is 36.7. The van der Waals surface area contributed by atoms with Gasteiger partial charge in [0.15, 0.2) is 0 Å². The molecule has 0 spiro atoms. The summed E-state index contributed by atoms with van der Waals surface area (Å²) in [5.41, 5.74) is 5.97. The quantitative estimate of drug-likeness (QED) is 0.806. The van der Waals surface area contributed by atoms with E-state index in [2.05, 4.69) is 0 Å². The van der Waals surface area contributed by atoms with Crippen molar-refractivity contribution < 1.29 is 13.2 Å². The van der Waals surface area contributed by atoms with Gasteiger partial charge in [0.05, 0.1) is 5.56 Å². The van der Waals surface area contributed by atoms with E-state index in [1.54, 1.807) is 0 Å². The molecule has 0 saturated heterocycles. The third-order valence-electron chi connectivity index (χ3n) is 2.76. The summed E-state index contributed by atoms with van der Waals surface area (Å²) >= 11 is 0. The summed E-state index contributed by atoms with van der Waals surface area (Å²) in [5, 5.41) is 0. The Morgan fingerprint density at radius 1 is 1.20 bits per heavy atom. The molecule has 0 bridgehead atoms. The van der Waals surface area contributed by atoms with Crippen molar-refractivity contribution in [1.29, 1.82) is 0 Å². The maximum Gasteiger partial charge on any atom is 0.416 e. The third-order valence-corrected chi connectivity index (χ3v) is 2.76. The molecular weight excluding hydrogens is 203 g/mol. The molecular formula is C11H12F3N. The average molecular weight is 215 g/mol. The highest BCUT2D eigenvalue weighted by molar-refractivity contribution is 5.25. The normalized spacial score (nSPS) is 25.3. The van der Waals surface area contributed by atoms with E-state index < -0.39 is 11.7 Å². The lowest BCUT2D eigenvalue weighted by molar-refractivity contribution is -0.137.